The second-order valence-electron chi connectivity index (χ2n) is 4.25. The van der Waals surface area contributed by atoms with Gasteiger partial charge < -0.3 is 5.32 Å². The van der Waals surface area contributed by atoms with Crippen molar-refractivity contribution < 1.29 is 4.79 Å². The van der Waals surface area contributed by atoms with Crippen molar-refractivity contribution in [1.29, 1.82) is 0 Å². The molecule has 1 N–H and O–H groups in total. The molecule has 5 heteroatoms. The summed E-state index contributed by atoms with van der Waals surface area (Å²) in [6.07, 6.45) is 2.85. The van der Waals surface area contributed by atoms with Crippen LogP contribution in [0.1, 0.15) is 17.5 Å². The fraction of sp³-hybridized carbons (Fsp3) is 0.308. The van der Waals surface area contributed by atoms with E-state index >= 15 is 0 Å². The number of nitrogens with zero attached hydrogens (tertiary/aromatic N) is 3. The zero-order chi connectivity index (χ0) is 13.0. The van der Waals surface area contributed by atoms with Crippen LogP contribution in [0.15, 0.2) is 30.5 Å². The summed E-state index contributed by atoms with van der Waals surface area (Å²) in [5.41, 5.74) is 2.41. The second-order valence-corrected chi connectivity index (χ2v) is 4.25. The van der Waals surface area contributed by atoms with E-state index in [-0.39, 0.29) is 5.91 Å². The van der Waals surface area contributed by atoms with Crippen LogP contribution >= 0.6 is 0 Å². The van der Waals surface area contributed by atoms with Crippen LogP contribution < -0.4 is 5.32 Å². The Labute approximate surface area is 106 Å². The predicted molar refractivity (Wildman–Crippen MR) is 69.1 cm³/mol. The number of hydrogen-bond acceptors (Lipinski definition) is 3. The molecule has 0 saturated heterocycles. The van der Waals surface area contributed by atoms with Crippen LogP contribution in [0.2, 0.25) is 0 Å². The minimum Gasteiger partial charge on any atom is -0.308 e. The minimum atomic E-state index is -0.0428. The Morgan fingerprint density at radius 2 is 2.17 bits per heavy atom. The highest BCUT2D eigenvalue weighted by molar-refractivity contribution is 5.89. The molecule has 0 radical (unpaired) electrons. The molecule has 0 saturated carbocycles. The molecule has 94 valence electrons. The maximum atomic E-state index is 11.7. The molecule has 2 aromatic rings. The fourth-order valence-electron chi connectivity index (χ4n) is 1.75. The Balaban J connectivity index is 1.87. The molecule has 1 heterocycles. The van der Waals surface area contributed by atoms with Gasteiger partial charge in [-0.1, -0.05) is 29.5 Å². The average molecular weight is 244 g/mol. The number of amides is 1. The first-order valence-corrected chi connectivity index (χ1v) is 5.86. The zero-order valence-corrected chi connectivity index (χ0v) is 10.6. The molecule has 1 aromatic carbocycles. The summed E-state index contributed by atoms with van der Waals surface area (Å²) < 4.78 is 1.55. The number of benzene rings is 1. The van der Waals surface area contributed by atoms with Gasteiger partial charge in [0.15, 0.2) is 5.82 Å². The van der Waals surface area contributed by atoms with E-state index in [0.29, 0.717) is 12.2 Å². The lowest BCUT2D eigenvalue weighted by Gasteiger charge is -2.05. The first-order chi connectivity index (χ1) is 8.65. The van der Waals surface area contributed by atoms with Crippen molar-refractivity contribution >= 4 is 11.7 Å². The van der Waals surface area contributed by atoms with Crippen LogP contribution in [0.3, 0.4) is 0 Å². The monoisotopic (exact) mass is 244 g/mol. The van der Waals surface area contributed by atoms with Gasteiger partial charge in [-0.05, 0) is 24.5 Å². The molecule has 0 atom stereocenters. The van der Waals surface area contributed by atoms with Crippen LogP contribution in [0, 0.1) is 6.92 Å². The van der Waals surface area contributed by atoms with Gasteiger partial charge in [0.05, 0.1) is 6.20 Å². The number of rotatable bonds is 4. The van der Waals surface area contributed by atoms with Crippen LogP contribution in [-0.4, -0.2) is 20.9 Å². The van der Waals surface area contributed by atoms with Gasteiger partial charge >= 0.3 is 0 Å². The maximum absolute atomic E-state index is 11.7. The lowest BCUT2D eigenvalue weighted by atomic mass is 10.0. The van der Waals surface area contributed by atoms with E-state index in [4.69, 9.17) is 0 Å². The fourth-order valence-corrected chi connectivity index (χ4v) is 1.75. The SMILES string of the molecule is Cc1ccccc1CCC(=O)Nc1cn(C)nn1. The highest BCUT2D eigenvalue weighted by atomic mass is 16.1. The third-order valence-electron chi connectivity index (χ3n) is 2.75. The van der Waals surface area contributed by atoms with Crippen molar-refractivity contribution in [2.24, 2.45) is 7.05 Å². The predicted octanol–water partition coefficient (Wildman–Crippen LogP) is 1.69. The van der Waals surface area contributed by atoms with Crippen molar-refractivity contribution in [3.8, 4) is 0 Å². The molecule has 18 heavy (non-hydrogen) atoms. The van der Waals surface area contributed by atoms with E-state index in [1.54, 1.807) is 17.9 Å². The normalized spacial score (nSPS) is 10.3. The Hall–Kier alpha value is -2.17. The maximum Gasteiger partial charge on any atom is 0.225 e. The van der Waals surface area contributed by atoms with Gasteiger partial charge in [0.1, 0.15) is 0 Å². The number of anilines is 1. The van der Waals surface area contributed by atoms with E-state index in [1.165, 1.54) is 11.1 Å². The van der Waals surface area contributed by atoms with Crippen molar-refractivity contribution in [3.63, 3.8) is 0 Å². The molecule has 0 unspecified atom stereocenters. The van der Waals surface area contributed by atoms with E-state index < -0.39 is 0 Å². The highest BCUT2D eigenvalue weighted by Crippen LogP contribution is 2.10. The molecule has 0 aliphatic heterocycles. The lowest BCUT2D eigenvalue weighted by Crippen LogP contribution is -2.12. The molecular weight excluding hydrogens is 228 g/mol. The second kappa shape index (κ2) is 5.44. The molecule has 0 bridgehead atoms. The van der Waals surface area contributed by atoms with Gasteiger partial charge in [0, 0.05) is 13.5 Å². The lowest BCUT2D eigenvalue weighted by molar-refractivity contribution is -0.116. The van der Waals surface area contributed by atoms with Gasteiger partial charge in [-0.3, -0.25) is 9.48 Å². The first kappa shape index (κ1) is 12.3. The quantitative estimate of drug-likeness (QED) is 0.890. The standard InChI is InChI=1S/C13H16N4O/c1-10-5-3-4-6-11(10)7-8-13(18)14-12-9-17(2)16-15-12/h3-6,9H,7-8H2,1-2H3,(H,14,18). The van der Waals surface area contributed by atoms with E-state index in [1.807, 2.05) is 18.2 Å². The average Bonchev–Trinajstić information content (AvgIpc) is 2.74. The Morgan fingerprint density at radius 1 is 1.39 bits per heavy atom. The summed E-state index contributed by atoms with van der Waals surface area (Å²) in [7, 11) is 1.76. The number of aryl methyl sites for hydroxylation is 3. The number of carbonyl (C=O) groups excluding carboxylic acids is 1. The first-order valence-electron chi connectivity index (χ1n) is 5.86. The topological polar surface area (TPSA) is 59.8 Å². The zero-order valence-electron chi connectivity index (χ0n) is 10.6. The number of carbonyl (C=O) groups is 1. The van der Waals surface area contributed by atoms with Crippen LogP contribution in [-0.2, 0) is 18.3 Å². The number of nitrogens with one attached hydrogen (secondary N) is 1. The minimum absolute atomic E-state index is 0.0428. The van der Waals surface area contributed by atoms with Gasteiger partial charge in [-0.25, -0.2) is 0 Å². The third-order valence-corrected chi connectivity index (χ3v) is 2.75. The smallest absolute Gasteiger partial charge is 0.225 e. The Morgan fingerprint density at radius 3 is 2.83 bits per heavy atom. The van der Waals surface area contributed by atoms with Gasteiger partial charge in [-0.15, -0.1) is 5.10 Å². The Bertz CT molecular complexity index is 547. The van der Waals surface area contributed by atoms with E-state index in [9.17, 15) is 4.79 Å². The van der Waals surface area contributed by atoms with Crippen molar-refractivity contribution in [2.45, 2.75) is 19.8 Å². The summed E-state index contributed by atoms with van der Waals surface area (Å²) >= 11 is 0. The number of aromatic nitrogens is 3. The summed E-state index contributed by atoms with van der Waals surface area (Å²) in [6.45, 7) is 2.05. The van der Waals surface area contributed by atoms with Crippen LogP contribution in [0.4, 0.5) is 5.82 Å². The van der Waals surface area contributed by atoms with Gasteiger partial charge in [0.2, 0.25) is 5.91 Å². The van der Waals surface area contributed by atoms with E-state index in [0.717, 1.165) is 6.42 Å². The highest BCUT2D eigenvalue weighted by Gasteiger charge is 2.06. The molecule has 0 spiro atoms. The summed E-state index contributed by atoms with van der Waals surface area (Å²) in [6, 6.07) is 8.09. The summed E-state index contributed by atoms with van der Waals surface area (Å²) in [5, 5.41) is 10.3. The summed E-state index contributed by atoms with van der Waals surface area (Å²) in [4.78, 5) is 11.7. The molecule has 0 aliphatic rings. The number of hydrogen-bond donors (Lipinski definition) is 1. The van der Waals surface area contributed by atoms with Crippen molar-refractivity contribution in [1.82, 2.24) is 15.0 Å². The third kappa shape index (κ3) is 3.16. The van der Waals surface area contributed by atoms with Crippen molar-refractivity contribution in [2.75, 3.05) is 5.32 Å². The molecule has 5 nitrogen and oxygen atoms in total. The summed E-state index contributed by atoms with van der Waals surface area (Å²) in [5.74, 6) is 0.450. The molecule has 0 fully saturated rings. The molecule has 0 aliphatic carbocycles. The molecular formula is C13H16N4O. The van der Waals surface area contributed by atoms with Crippen LogP contribution in [0.5, 0.6) is 0 Å². The Kier molecular flexibility index (Phi) is 3.72. The molecule has 1 aromatic heterocycles. The largest absolute Gasteiger partial charge is 0.308 e. The molecule has 1 amide bonds. The van der Waals surface area contributed by atoms with Gasteiger partial charge in [-0.2, -0.15) is 0 Å². The van der Waals surface area contributed by atoms with Crippen LogP contribution in [0.25, 0.3) is 0 Å². The van der Waals surface area contributed by atoms with Gasteiger partial charge in [0.25, 0.3) is 0 Å². The van der Waals surface area contributed by atoms with E-state index in [2.05, 4.69) is 28.6 Å². The molecule has 2 rings (SSSR count). The van der Waals surface area contributed by atoms with Crippen molar-refractivity contribution in [3.05, 3.63) is 41.6 Å².